The standard InChI is InChI=1S/C21H23Br2ClN2O4/c1-28-16-11-17(29-2)20(23)21(19(16)22)30-13-18(27)26-9-7-25(8-10-26)12-14-3-5-15(24)6-4-14/h3-6,11H,7-10,12-13H2,1-2H3. The van der Waals surface area contributed by atoms with Crippen LogP contribution in [0.4, 0.5) is 0 Å². The maximum Gasteiger partial charge on any atom is 0.260 e. The third-order valence-corrected chi connectivity index (χ3v) is 6.67. The van der Waals surface area contributed by atoms with E-state index in [0.717, 1.165) is 24.7 Å². The smallest absolute Gasteiger partial charge is 0.260 e. The molecule has 6 nitrogen and oxygen atoms in total. The molecule has 1 heterocycles. The fourth-order valence-electron chi connectivity index (χ4n) is 3.22. The molecule has 1 amide bonds. The van der Waals surface area contributed by atoms with Crippen LogP contribution in [-0.2, 0) is 11.3 Å². The van der Waals surface area contributed by atoms with Gasteiger partial charge in [0.1, 0.15) is 20.4 Å². The summed E-state index contributed by atoms with van der Waals surface area (Å²) in [6, 6.07) is 9.61. The van der Waals surface area contributed by atoms with E-state index >= 15 is 0 Å². The number of ether oxygens (including phenoxy) is 3. The molecular weight excluding hydrogens is 540 g/mol. The number of piperazine rings is 1. The molecule has 2 aromatic rings. The summed E-state index contributed by atoms with van der Waals surface area (Å²) in [6.07, 6.45) is 0. The van der Waals surface area contributed by atoms with Gasteiger partial charge in [0.15, 0.2) is 12.4 Å². The molecule has 1 aliphatic rings. The van der Waals surface area contributed by atoms with Gasteiger partial charge < -0.3 is 19.1 Å². The minimum absolute atomic E-state index is 0.0540. The zero-order valence-corrected chi connectivity index (χ0v) is 20.7. The average Bonchev–Trinajstić information content (AvgIpc) is 2.76. The minimum atomic E-state index is -0.0648. The second-order valence-corrected chi connectivity index (χ2v) is 8.83. The van der Waals surface area contributed by atoms with E-state index in [-0.39, 0.29) is 12.5 Å². The zero-order valence-electron chi connectivity index (χ0n) is 16.8. The number of methoxy groups -OCH3 is 2. The van der Waals surface area contributed by atoms with Gasteiger partial charge in [-0.05, 0) is 49.6 Å². The van der Waals surface area contributed by atoms with Crippen molar-refractivity contribution in [3.8, 4) is 17.2 Å². The van der Waals surface area contributed by atoms with Gasteiger partial charge in [-0.2, -0.15) is 0 Å². The quantitative estimate of drug-likeness (QED) is 0.494. The van der Waals surface area contributed by atoms with E-state index in [2.05, 4.69) is 36.8 Å². The Morgan fingerprint density at radius 2 is 1.57 bits per heavy atom. The number of carbonyl (C=O) groups excluding carboxylic acids is 1. The number of hydrogen-bond acceptors (Lipinski definition) is 5. The topological polar surface area (TPSA) is 51.2 Å². The first kappa shape index (κ1) is 23.2. The van der Waals surface area contributed by atoms with Crippen molar-refractivity contribution in [2.24, 2.45) is 0 Å². The SMILES string of the molecule is COc1cc(OC)c(Br)c(OCC(=O)N2CCN(Cc3ccc(Cl)cc3)CC2)c1Br. The Labute approximate surface area is 198 Å². The molecule has 9 heteroatoms. The molecule has 30 heavy (non-hydrogen) atoms. The highest BCUT2D eigenvalue weighted by molar-refractivity contribution is 9.11. The summed E-state index contributed by atoms with van der Waals surface area (Å²) in [5, 5.41) is 0.737. The molecule has 162 valence electrons. The molecule has 1 saturated heterocycles. The molecule has 0 N–H and O–H groups in total. The lowest BCUT2D eigenvalue weighted by atomic mass is 10.2. The van der Waals surface area contributed by atoms with Crippen molar-refractivity contribution in [2.45, 2.75) is 6.54 Å². The van der Waals surface area contributed by atoms with E-state index < -0.39 is 0 Å². The summed E-state index contributed by atoms with van der Waals surface area (Å²) in [5.41, 5.74) is 1.21. The molecule has 0 bridgehead atoms. The third kappa shape index (κ3) is 5.60. The van der Waals surface area contributed by atoms with Crippen LogP contribution >= 0.6 is 43.5 Å². The van der Waals surface area contributed by atoms with Crippen molar-refractivity contribution in [1.82, 2.24) is 9.80 Å². The van der Waals surface area contributed by atoms with Gasteiger partial charge in [-0.1, -0.05) is 23.7 Å². The van der Waals surface area contributed by atoms with Gasteiger partial charge in [0.05, 0.1) is 14.2 Å². The summed E-state index contributed by atoms with van der Waals surface area (Å²) in [5.74, 6) is 1.55. The number of benzene rings is 2. The van der Waals surface area contributed by atoms with Crippen molar-refractivity contribution in [3.05, 3.63) is 49.9 Å². The van der Waals surface area contributed by atoms with Gasteiger partial charge in [-0.25, -0.2) is 0 Å². The Morgan fingerprint density at radius 1 is 1.00 bits per heavy atom. The van der Waals surface area contributed by atoms with Crippen LogP contribution in [0.5, 0.6) is 17.2 Å². The molecule has 0 atom stereocenters. The van der Waals surface area contributed by atoms with Crippen LogP contribution < -0.4 is 14.2 Å². The normalized spacial score (nSPS) is 14.5. The Morgan fingerprint density at radius 3 is 2.10 bits per heavy atom. The van der Waals surface area contributed by atoms with Crippen LogP contribution in [0.25, 0.3) is 0 Å². The zero-order chi connectivity index (χ0) is 21.7. The molecular formula is C21H23Br2ClN2O4. The van der Waals surface area contributed by atoms with E-state index in [4.69, 9.17) is 25.8 Å². The van der Waals surface area contributed by atoms with Crippen molar-refractivity contribution in [3.63, 3.8) is 0 Å². The van der Waals surface area contributed by atoms with Crippen molar-refractivity contribution in [1.29, 1.82) is 0 Å². The maximum atomic E-state index is 12.7. The van der Waals surface area contributed by atoms with E-state index in [1.807, 2.05) is 29.2 Å². The summed E-state index contributed by atoms with van der Waals surface area (Å²) < 4.78 is 17.8. The first-order valence-corrected chi connectivity index (χ1v) is 11.4. The fourth-order valence-corrected chi connectivity index (χ4v) is 4.79. The average molecular weight is 563 g/mol. The van der Waals surface area contributed by atoms with Gasteiger partial charge in [0, 0.05) is 43.8 Å². The first-order valence-electron chi connectivity index (χ1n) is 9.40. The number of halogens is 3. The highest BCUT2D eigenvalue weighted by atomic mass is 79.9. The summed E-state index contributed by atoms with van der Waals surface area (Å²) >= 11 is 12.9. The Balaban J connectivity index is 1.55. The molecule has 3 rings (SSSR count). The molecule has 2 aromatic carbocycles. The lowest BCUT2D eigenvalue weighted by molar-refractivity contribution is -0.135. The number of nitrogens with zero attached hydrogens (tertiary/aromatic N) is 2. The maximum absolute atomic E-state index is 12.7. The van der Waals surface area contributed by atoms with Crippen molar-refractivity contribution in [2.75, 3.05) is 47.0 Å². The van der Waals surface area contributed by atoms with Crippen LogP contribution in [0.3, 0.4) is 0 Å². The molecule has 0 spiro atoms. The van der Waals surface area contributed by atoms with Crippen molar-refractivity contribution >= 4 is 49.4 Å². The van der Waals surface area contributed by atoms with Crippen LogP contribution in [0, 0.1) is 0 Å². The van der Waals surface area contributed by atoms with E-state index in [1.54, 1.807) is 20.3 Å². The second kappa shape index (κ2) is 10.7. The highest BCUT2D eigenvalue weighted by Gasteiger charge is 2.23. The van der Waals surface area contributed by atoms with Crippen LogP contribution in [0.2, 0.25) is 5.02 Å². The number of amides is 1. The highest BCUT2D eigenvalue weighted by Crippen LogP contribution is 2.46. The Kier molecular flexibility index (Phi) is 8.27. The minimum Gasteiger partial charge on any atom is -0.495 e. The molecule has 0 unspecified atom stereocenters. The van der Waals surface area contributed by atoms with E-state index in [1.165, 1.54) is 5.56 Å². The van der Waals surface area contributed by atoms with Crippen molar-refractivity contribution < 1.29 is 19.0 Å². The largest absolute Gasteiger partial charge is 0.495 e. The molecule has 1 aliphatic heterocycles. The fraction of sp³-hybridized carbons (Fsp3) is 0.381. The van der Waals surface area contributed by atoms with Gasteiger partial charge in [-0.15, -0.1) is 0 Å². The summed E-state index contributed by atoms with van der Waals surface area (Å²) in [7, 11) is 3.12. The molecule has 0 radical (unpaired) electrons. The van der Waals surface area contributed by atoms with Crippen LogP contribution in [0.1, 0.15) is 5.56 Å². The lowest BCUT2D eigenvalue weighted by Crippen LogP contribution is -2.49. The van der Waals surface area contributed by atoms with E-state index in [0.29, 0.717) is 39.3 Å². The van der Waals surface area contributed by atoms with Gasteiger partial charge >= 0.3 is 0 Å². The molecule has 0 aromatic heterocycles. The summed E-state index contributed by atoms with van der Waals surface area (Å²) in [4.78, 5) is 16.8. The third-order valence-electron chi connectivity index (χ3n) is 4.92. The molecule has 1 fully saturated rings. The predicted molar refractivity (Wildman–Crippen MR) is 124 cm³/mol. The van der Waals surface area contributed by atoms with Crippen LogP contribution in [-0.4, -0.2) is 62.7 Å². The lowest BCUT2D eigenvalue weighted by Gasteiger charge is -2.34. The van der Waals surface area contributed by atoms with Crippen LogP contribution in [0.15, 0.2) is 39.3 Å². The Hall–Kier alpha value is -1.48. The van der Waals surface area contributed by atoms with Gasteiger partial charge in [0.2, 0.25) is 0 Å². The first-order chi connectivity index (χ1) is 14.4. The predicted octanol–water partition coefficient (Wildman–Crippen LogP) is 4.61. The number of hydrogen-bond donors (Lipinski definition) is 0. The number of rotatable bonds is 7. The second-order valence-electron chi connectivity index (χ2n) is 6.81. The van der Waals surface area contributed by atoms with Gasteiger partial charge in [0.25, 0.3) is 5.91 Å². The summed E-state index contributed by atoms with van der Waals surface area (Å²) in [6.45, 7) is 3.74. The Bertz CT molecular complexity index is 859. The monoisotopic (exact) mass is 560 g/mol. The number of carbonyl (C=O) groups is 1. The molecule has 0 saturated carbocycles. The molecule has 0 aliphatic carbocycles. The van der Waals surface area contributed by atoms with Gasteiger partial charge in [-0.3, -0.25) is 9.69 Å². The van der Waals surface area contributed by atoms with E-state index in [9.17, 15) is 4.79 Å².